The summed E-state index contributed by atoms with van der Waals surface area (Å²) < 4.78 is 77.2. The number of aliphatic hydroxyl groups excluding tert-OH is 1. The van der Waals surface area contributed by atoms with E-state index in [9.17, 15) is 27.0 Å². The molecule has 0 fully saturated rings. The molecule has 2 aromatic carbocycles. The fraction of sp³-hybridized carbons (Fsp3) is 0.475. The van der Waals surface area contributed by atoms with Gasteiger partial charge in [-0.25, -0.2) is 9.80 Å². The van der Waals surface area contributed by atoms with Gasteiger partial charge in [-0.2, -0.15) is 0 Å². The monoisotopic (exact) mass is 710 g/mol. The second-order valence-corrected chi connectivity index (χ2v) is 13.6. The van der Waals surface area contributed by atoms with Gasteiger partial charge in [0, 0.05) is 39.4 Å². The van der Waals surface area contributed by atoms with Gasteiger partial charge in [-0.3, -0.25) is 24.8 Å². The fourth-order valence-corrected chi connectivity index (χ4v) is 5.47. The van der Waals surface area contributed by atoms with Crippen LogP contribution in [0.15, 0.2) is 79.0 Å². The molecule has 4 atom stereocenters. The van der Waals surface area contributed by atoms with Crippen molar-refractivity contribution in [1.82, 2.24) is 20.7 Å². The molecule has 0 aliphatic carbocycles. The molecule has 3 rings (SSSR count). The van der Waals surface area contributed by atoms with Crippen LogP contribution in [0.5, 0.6) is 0 Å². The van der Waals surface area contributed by atoms with E-state index >= 15 is 0 Å². The van der Waals surface area contributed by atoms with Crippen molar-refractivity contribution in [2.45, 2.75) is 79.3 Å². The van der Waals surface area contributed by atoms with Gasteiger partial charge in [-0.05, 0) is 46.4 Å². The molecule has 0 saturated heterocycles. The third-order valence-electron chi connectivity index (χ3n) is 8.38. The van der Waals surface area contributed by atoms with Crippen molar-refractivity contribution in [3.8, 4) is 11.3 Å². The number of hydrazine groups is 1. The first-order chi connectivity index (χ1) is 27.3. The minimum Gasteiger partial charge on any atom is -0.469 e. The number of carbonyl (C=O) groups excluding carboxylic acids is 4. The maximum absolute atomic E-state index is 14.3. The summed E-state index contributed by atoms with van der Waals surface area (Å²) in [6.45, 7) is -3.87. The highest BCUT2D eigenvalue weighted by atomic mass is 16.5. The molecule has 2 amide bonds. The molecule has 1 heterocycles. The summed E-state index contributed by atoms with van der Waals surface area (Å²) in [6, 6.07) is 18.0. The molecule has 0 unspecified atom stereocenters. The Morgan fingerprint density at radius 1 is 0.882 bits per heavy atom. The van der Waals surface area contributed by atoms with Crippen LogP contribution in [0.1, 0.15) is 76.3 Å². The number of ether oxygens (including phenoxy) is 2. The summed E-state index contributed by atoms with van der Waals surface area (Å²) in [5, 5.41) is 15.1. The van der Waals surface area contributed by atoms with E-state index in [4.69, 9.17) is 13.0 Å². The number of esters is 1. The molecule has 0 aliphatic heterocycles. The van der Waals surface area contributed by atoms with Crippen LogP contribution in [0.25, 0.3) is 11.3 Å². The fourth-order valence-electron chi connectivity index (χ4n) is 5.47. The molecule has 3 N–H and O–H groups in total. The molecule has 276 valence electrons. The molecule has 0 bridgehead atoms. The molecule has 3 aromatic rings. The van der Waals surface area contributed by atoms with Crippen molar-refractivity contribution in [2.24, 2.45) is 22.7 Å². The Hall–Kier alpha value is -4.61. The first-order valence-electron chi connectivity index (χ1n) is 20.5. The molecule has 1 aromatic heterocycles. The van der Waals surface area contributed by atoms with Gasteiger partial charge in [-0.15, -0.1) is 0 Å². The zero-order valence-corrected chi connectivity index (χ0v) is 29.9. The van der Waals surface area contributed by atoms with Gasteiger partial charge in [-0.1, -0.05) is 102 Å². The first kappa shape index (κ1) is 30.1. The van der Waals surface area contributed by atoms with Crippen molar-refractivity contribution in [3.05, 3.63) is 90.1 Å². The summed E-state index contributed by atoms with van der Waals surface area (Å²) >= 11 is 0. The predicted molar refractivity (Wildman–Crippen MR) is 196 cm³/mol. The van der Waals surface area contributed by atoms with E-state index < -0.39 is 91.7 Å². The van der Waals surface area contributed by atoms with Crippen LogP contribution >= 0.6 is 0 Å². The van der Waals surface area contributed by atoms with E-state index in [2.05, 4.69) is 20.5 Å². The van der Waals surface area contributed by atoms with Crippen LogP contribution in [-0.2, 0) is 36.8 Å². The lowest BCUT2D eigenvalue weighted by atomic mass is 9.78. The van der Waals surface area contributed by atoms with E-state index in [1.165, 1.54) is 19.2 Å². The van der Waals surface area contributed by atoms with Crippen LogP contribution < -0.4 is 10.7 Å². The summed E-state index contributed by atoms with van der Waals surface area (Å²) in [5.41, 5.74) is 0.883. The number of aromatic nitrogens is 1. The SMILES string of the molecule is [2H]C([2H])(c1ccc(-c2ccccn2)cc1)N(C[C@H](O)[C@@H](CC(=O)[C@@H](NC(=O)OC)C(C)(C([2H])([2H])[2H])C([2H])([2H])[2H])Cc1ccccc1)NC(=O)[C@@H](CC(=O)OC)C(C)(C)C. The van der Waals surface area contributed by atoms with Gasteiger partial charge in [0.15, 0.2) is 5.78 Å². The Morgan fingerprint density at radius 3 is 2.12 bits per heavy atom. The van der Waals surface area contributed by atoms with E-state index in [0.717, 1.165) is 19.0 Å². The number of benzene rings is 2. The van der Waals surface area contributed by atoms with Gasteiger partial charge in [0.1, 0.15) is 0 Å². The number of pyridine rings is 1. The average Bonchev–Trinajstić information content (AvgIpc) is 3.17. The molecule has 11 heteroatoms. The molecule has 0 radical (unpaired) electrons. The maximum Gasteiger partial charge on any atom is 0.407 e. The van der Waals surface area contributed by atoms with Crippen molar-refractivity contribution in [1.29, 1.82) is 0 Å². The van der Waals surface area contributed by atoms with Gasteiger partial charge in [0.2, 0.25) is 5.91 Å². The highest BCUT2D eigenvalue weighted by Crippen LogP contribution is 2.30. The Morgan fingerprint density at radius 2 is 1.55 bits per heavy atom. The molecule has 51 heavy (non-hydrogen) atoms. The highest BCUT2D eigenvalue weighted by Gasteiger charge is 2.37. The summed E-state index contributed by atoms with van der Waals surface area (Å²) in [7, 11) is 2.13. The van der Waals surface area contributed by atoms with Gasteiger partial charge in [0.25, 0.3) is 0 Å². The van der Waals surface area contributed by atoms with Gasteiger partial charge >= 0.3 is 12.1 Å². The number of nitrogens with zero attached hydrogens (tertiary/aromatic N) is 2. The van der Waals surface area contributed by atoms with E-state index in [0.29, 0.717) is 16.8 Å². The number of carbonyl (C=O) groups is 4. The Bertz CT molecular complexity index is 1860. The average molecular weight is 711 g/mol. The smallest absolute Gasteiger partial charge is 0.407 e. The molecular weight excluding hydrogens is 648 g/mol. The van der Waals surface area contributed by atoms with E-state index in [1.54, 1.807) is 87.6 Å². The topological polar surface area (TPSA) is 147 Å². The largest absolute Gasteiger partial charge is 0.469 e. The quantitative estimate of drug-likeness (QED) is 0.125. The standard InChI is InChI=1S/C40H54N4O7/c1-39(2,3)31(24-35(47)50-7)37(48)43-44(25-28-17-19-29(20-18-28)32-16-12-13-21-41-32)26-34(46)30(22-27-14-10-9-11-15-27)23-33(45)36(40(4,5)6)42-38(49)51-8/h9-21,30-31,34,36,46H,22-26H2,1-8H3,(H,42,49)(H,43,48)/t30-,31-,34+,36-/m1/s1/i4D3,5D3,25D2. The second-order valence-electron chi connectivity index (χ2n) is 13.6. The summed E-state index contributed by atoms with van der Waals surface area (Å²) in [6.07, 6.45) is -2.45. The minimum absolute atomic E-state index is 0.0501. The number of methoxy groups -OCH3 is 2. The van der Waals surface area contributed by atoms with Crippen molar-refractivity contribution >= 4 is 23.8 Å². The number of alkyl carbamates (subject to hydrolysis) is 1. The Balaban J connectivity index is 2.16. The van der Waals surface area contributed by atoms with Crippen molar-refractivity contribution < 1.29 is 44.7 Å². The number of ketones is 1. The molecular formula is C40H54N4O7. The number of nitrogens with one attached hydrogen (secondary N) is 2. The number of rotatable bonds is 16. The molecule has 0 spiro atoms. The second kappa shape index (κ2) is 18.6. The van der Waals surface area contributed by atoms with Gasteiger partial charge < -0.3 is 19.9 Å². The zero-order valence-electron chi connectivity index (χ0n) is 37.9. The maximum atomic E-state index is 14.3. The third-order valence-corrected chi connectivity index (χ3v) is 8.38. The van der Waals surface area contributed by atoms with Crippen molar-refractivity contribution in [2.75, 3.05) is 20.8 Å². The predicted octanol–water partition coefficient (Wildman–Crippen LogP) is 5.76. The lowest BCUT2D eigenvalue weighted by Crippen LogP contribution is -2.52. The number of aliphatic hydroxyl groups is 1. The third kappa shape index (κ3) is 12.9. The Kier molecular flexibility index (Phi) is 10.9. The summed E-state index contributed by atoms with van der Waals surface area (Å²) in [4.78, 5) is 57.7. The highest BCUT2D eigenvalue weighted by molar-refractivity contribution is 5.88. The van der Waals surface area contributed by atoms with Crippen LogP contribution in [-0.4, -0.2) is 71.8 Å². The first-order valence-corrected chi connectivity index (χ1v) is 16.5. The lowest BCUT2D eigenvalue weighted by molar-refractivity contribution is -0.148. The van der Waals surface area contributed by atoms with Gasteiger partial charge in [0.05, 0.1) is 47.1 Å². The molecule has 11 nitrogen and oxygen atoms in total. The number of hydrogen-bond acceptors (Lipinski definition) is 9. The molecule has 0 aliphatic rings. The van der Waals surface area contributed by atoms with Crippen molar-refractivity contribution in [3.63, 3.8) is 0 Å². The number of amides is 2. The molecule has 0 saturated carbocycles. The van der Waals surface area contributed by atoms with Crippen LogP contribution in [0.3, 0.4) is 0 Å². The summed E-state index contributed by atoms with van der Waals surface area (Å²) in [5.74, 6) is -4.73. The lowest BCUT2D eigenvalue weighted by Gasteiger charge is -2.35. The minimum atomic E-state index is -3.32. The number of hydrogen-bond donors (Lipinski definition) is 3. The van der Waals surface area contributed by atoms with E-state index in [-0.39, 0.29) is 18.4 Å². The zero-order chi connectivity index (χ0) is 44.6. The Labute approximate surface area is 313 Å². The van der Waals surface area contributed by atoms with Crippen LogP contribution in [0, 0.1) is 22.7 Å². The normalized spacial score (nSPS) is 17.3. The van der Waals surface area contributed by atoms with E-state index in [1.807, 2.05) is 0 Å². The number of Topliss-reactive ketones (excluding diaryl/α,β-unsaturated/α-hetero) is 1. The van der Waals surface area contributed by atoms with Crippen LogP contribution in [0.4, 0.5) is 4.79 Å². The van der Waals surface area contributed by atoms with Crippen LogP contribution in [0.2, 0.25) is 0 Å².